The SMILES string of the molecule is COc1ccc2oc(C(=O)NCCCN3CCN(C)CC3)c(C)c2c1. The van der Waals surface area contributed by atoms with Gasteiger partial charge in [-0.1, -0.05) is 0 Å². The molecule has 1 fully saturated rings. The molecule has 1 amide bonds. The van der Waals surface area contributed by atoms with E-state index in [4.69, 9.17) is 9.15 Å². The van der Waals surface area contributed by atoms with Crippen LogP contribution in [0.25, 0.3) is 11.0 Å². The molecule has 25 heavy (non-hydrogen) atoms. The van der Waals surface area contributed by atoms with Gasteiger partial charge in [0, 0.05) is 43.7 Å². The van der Waals surface area contributed by atoms with Crippen molar-refractivity contribution in [3.8, 4) is 5.75 Å². The van der Waals surface area contributed by atoms with E-state index in [1.807, 2.05) is 25.1 Å². The monoisotopic (exact) mass is 345 g/mol. The third kappa shape index (κ3) is 4.14. The van der Waals surface area contributed by atoms with Gasteiger partial charge in [0.15, 0.2) is 5.76 Å². The summed E-state index contributed by atoms with van der Waals surface area (Å²) >= 11 is 0. The number of rotatable bonds is 6. The van der Waals surface area contributed by atoms with E-state index in [0.29, 0.717) is 17.9 Å². The Labute approximate surface area is 148 Å². The first-order valence-electron chi connectivity index (χ1n) is 8.84. The molecule has 1 N–H and O–H groups in total. The van der Waals surface area contributed by atoms with Crippen molar-refractivity contribution >= 4 is 16.9 Å². The van der Waals surface area contributed by atoms with Gasteiger partial charge in [0.05, 0.1) is 7.11 Å². The number of aryl methyl sites for hydroxylation is 1. The van der Waals surface area contributed by atoms with E-state index >= 15 is 0 Å². The number of benzene rings is 1. The average Bonchev–Trinajstić information content (AvgIpc) is 2.96. The van der Waals surface area contributed by atoms with Crippen LogP contribution in [0.15, 0.2) is 22.6 Å². The summed E-state index contributed by atoms with van der Waals surface area (Å²) in [7, 11) is 3.79. The van der Waals surface area contributed by atoms with Crippen molar-refractivity contribution in [3.05, 3.63) is 29.5 Å². The highest BCUT2D eigenvalue weighted by Gasteiger charge is 2.18. The molecule has 0 unspecified atom stereocenters. The van der Waals surface area contributed by atoms with Gasteiger partial charge in [-0.3, -0.25) is 4.79 Å². The lowest BCUT2D eigenvalue weighted by Crippen LogP contribution is -2.45. The lowest BCUT2D eigenvalue weighted by Gasteiger charge is -2.32. The maximum Gasteiger partial charge on any atom is 0.287 e. The molecule has 1 aliphatic heterocycles. The molecule has 0 radical (unpaired) electrons. The summed E-state index contributed by atoms with van der Waals surface area (Å²) in [4.78, 5) is 17.2. The van der Waals surface area contributed by atoms with Crippen molar-refractivity contribution in [2.24, 2.45) is 0 Å². The molecule has 0 atom stereocenters. The first-order valence-corrected chi connectivity index (χ1v) is 8.84. The minimum absolute atomic E-state index is 0.147. The molecule has 0 saturated carbocycles. The Morgan fingerprint density at radius 1 is 1.28 bits per heavy atom. The van der Waals surface area contributed by atoms with Gasteiger partial charge in [-0.15, -0.1) is 0 Å². The number of fused-ring (bicyclic) bond motifs is 1. The maximum atomic E-state index is 12.4. The molecular formula is C19H27N3O3. The Bertz CT molecular complexity index is 733. The Kier molecular flexibility index (Phi) is 5.60. The third-order valence-electron chi connectivity index (χ3n) is 4.88. The summed E-state index contributed by atoms with van der Waals surface area (Å²) in [6.07, 6.45) is 0.947. The Hall–Kier alpha value is -2.05. The summed E-state index contributed by atoms with van der Waals surface area (Å²) < 4.78 is 11.0. The molecule has 6 heteroatoms. The topological polar surface area (TPSA) is 58.0 Å². The van der Waals surface area contributed by atoms with Crippen LogP contribution in [0.4, 0.5) is 0 Å². The van der Waals surface area contributed by atoms with Crippen molar-refractivity contribution in [3.63, 3.8) is 0 Å². The van der Waals surface area contributed by atoms with Crippen molar-refractivity contribution in [1.29, 1.82) is 0 Å². The Morgan fingerprint density at radius 3 is 2.76 bits per heavy atom. The largest absolute Gasteiger partial charge is 0.497 e. The zero-order valence-corrected chi connectivity index (χ0v) is 15.3. The van der Waals surface area contributed by atoms with Crippen LogP contribution in [-0.2, 0) is 0 Å². The summed E-state index contributed by atoms with van der Waals surface area (Å²) in [5.74, 6) is 1.00. The van der Waals surface area contributed by atoms with Crippen molar-refractivity contribution in [1.82, 2.24) is 15.1 Å². The fourth-order valence-corrected chi connectivity index (χ4v) is 3.20. The molecule has 6 nitrogen and oxygen atoms in total. The Balaban J connectivity index is 1.53. The van der Waals surface area contributed by atoms with Gasteiger partial charge < -0.3 is 24.3 Å². The van der Waals surface area contributed by atoms with E-state index in [2.05, 4.69) is 22.2 Å². The van der Waals surface area contributed by atoms with Gasteiger partial charge in [0.2, 0.25) is 0 Å². The molecule has 2 aromatic rings. The zero-order valence-electron chi connectivity index (χ0n) is 15.3. The summed E-state index contributed by atoms with van der Waals surface area (Å²) in [6, 6.07) is 5.58. The number of carbonyl (C=O) groups excluding carboxylic acids is 1. The van der Waals surface area contributed by atoms with Crippen LogP contribution >= 0.6 is 0 Å². The maximum absolute atomic E-state index is 12.4. The highest BCUT2D eigenvalue weighted by molar-refractivity contribution is 5.99. The number of amides is 1. The van der Waals surface area contributed by atoms with Crippen molar-refractivity contribution in [2.75, 3.05) is 53.4 Å². The third-order valence-corrected chi connectivity index (χ3v) is 4.88. The van der Waals surface area contributed by atoms with E-state index < -0.39 is 0 Å². The molecule has 0 bridgehead atoms. The molecule has 0 aliphatic carbocycles. The number of nitrogens with one attached hydrogen (secondary N) is 1. The molecule has 1 aliphatic rings. The molecule has 1 aromatic carbocycles. The first kappa shape index (κ1) is 17.8. The van der Waals surface area contributed by atoms with Gasteiger partial charge in [0.1, 0.15) is 11.3 Å². The molecule has 3 rings (SSSR count). The Morgan fingerprint density at radius 2 is 2.04 bits per heavy atom. The lowest BCUT2D eigenvalue weighted by molar-refractivity contribution is 0.0923. The molecule has 136 valence electrons. The summed E-state index contributed by atoms with van der Waals surface area (Å²) in [6.45, 7) is 8.03. The van der Waals surface area contributed by atoms with Gasteiger partial charge in [0.25, 0.3) is 5.91 Å². The second kappa shape index (κ2) is 7.89. The zero-order chi connectivity index (χ0) is 17.8. The number of piperazine rings is 1. The van der Waals surface area contributed by atoms with E-state index in [-0.39, 0.29) is 5.91 Å². The lowest BCUT2D eigenvalue weighted by atomic mass is 10.1. The van der Waals surface area contributed by atoms with Crippen LogP contribution in [0, 0.1) is 6.92 Å². The van der Waals surface area contributed by atoms with Gasteiger partial charge in [-0.05, 0) is 45.1 Å². The number of hydrogen-bond donors (Lipinski definition) is 1. The minimum Gasteiger partial charge on any atom is -0.497 e. The average molecular weight is 345 g/mol. The normalized spacial score (nSPS) is 16.3. The molecule has 1 saturated heterocycles. The van der Waals surface area contributed by atoms with Crippen molar-refractivity contribution < 1.29 is 13.9 Å². The molecule has 2 heterocycles. The predicted octanol–water partition coefficient (Wildman–Crippen LogP) is 2.12. The number of ether oxygens (including phenoxy) is 1. The molecular weight excluding hydrogens is 318 g/mol. The number of nitrogens with zero attached hydrogens (tertiary/aromatic N) is 2. The van der Waals surface area contributed by atoms with E-state index in [1.165, 1.54) is 0 Å². The first-order chi connectivity index (χ1) is 12.1. The van der Waals surface area contributed by atoms with Crippen LogP contribution in [-0.4, -0.2) is 69.1 Å². The predicted molar refractivity (Wildman–Crippen MR) is 98.4 cm³/mol. The number of methoxy groups -OCH3 is 1. The highest BCUT2D eigenvalue weighted by Crippen LogP contribution is 2.28. The second-order valence-electron chi connectivity index (χ2n) is 6.67. The van der Waals surface area contributed by atoms with Crippen LogP contribution in [0.1, 0.15) is 22.5 Å². The van der Waals surface area contributed by atoms with Crippen LogP contribution < -0.4 is 10.1 Å². The molecule has 0 spiro atoms. The van der Waals surface area contributed by atoms with E-state index in [1.54, 1.807) is 7.11 Å². The summed E-state index contributed by atoms with van der Waals surface area (Å²) in [5.41, 5.74) is 1.56. The quantitative estimate of drug-likeness (QED) is 0.813. The number of furan rings is 1. The smallest absolute Gasteiger partial charge is 0.287 e. The highest BCUT2D eigenvalue weighted by atomic mass is 16.5. The van der Waals surface area contributed by atoms with Crippen LogP contribution in [0.5, 0.6) is 5.75 Å². The minimum atomic E-state index is -0.147. The number of carbonyl (C=O) groups is 1. The summed E-state index contributed by atoms with van der Waals surface area (Å²) in [5, 5.41) is 3.90. The fourth-order valence-electron chi connectivity index (χ4n) is 3.20. The van der Waals surface area contributed by atoms with Gasteiger partial charge >= 0.3 is 0 Å². The van der Waals surface area contributed by atoms with Gasteiger partial charge in [-0.25, -0.2) is 0 Å². The van der Waals surface area contributed by atoms with Crippen LogP contribution in [0.3, 0.4) is 0 Å². The fraction of sp³-hybridized carbons (Fsp3) is 0.526. The van der Waals surface area contributed by atoms with Crippen molar-refractivity contribution in [2.45, 2.75) is 13.3 Å². The second-order valence-corrected chi connectivity index (χ2v) is 6.67. The van der Waals surface area contributed by atoms with Crippen LogP contribution in [0.2, 0.25) is 0 Å². The van der Waals surface area contributed by atoms with Gasteiger partial charge in [-0.2, -0.15) is 0 Å². The number of likely N-dealkylation sites (N-methyl/N-ethyl adjacent to an activating group) is 1. The van der Waals surface area contributed by atoms with E-state index in [9.17, 15) is 4.79 Å². The van der Waals surface area contributed by atoms with E-state index in [0.717, 1.165) is 55.8 Å². The standard InChI is InChI=1S/C19H27N3O3/c1-14-16-13-15(24-3)5-6-17(16)25-18(14)19(23)20-7-4-8-22-11-9-21(2)10-12-22/h5-6,13H,4,7-12H2,1-3H3,(H,20,23). The number of hydrogen-bond acceptors (Lipinski definition) is 5. The molecule has 1 aromatic heterocycles.